The molecule has 0 aliphatic carbocycles. The first-order valence-corrected chi connectivity index (χ1v) is 10.6. The number of aromatic nitrogens is 4. The van der Waals surface area contributed by atoms with Crippen LogP contribution in [0.2, 0.25) is 0 Å². The molecule has 7 nitrogen and oxygen atoms in total. The summed E-state index contributed by atoms with van der Waals surface area (Å²) in [5, 5.41) is 13.6. The fourth-order valence-corrected chi connectivity index (χ4v) is 3.72. The van der Waals surface area contributed by atoms with Crippen LogP contribution in [0.25, 0.3) is 27.9 Å². The van der Waals surface area contributed by atoms with E-state index in [1.165, 1.54) is 11.8 Å². The smallest absolute Gasteiger partial charge is 0.277 e. The average Bonchev–Trinajstić information content (AvgIpc) is 3.50. The molecule has 5 aromatic rings. The number of anilines is 1. The van der Waals surface area contributed by atoms with Gasteiger partial charge in [-0.2, -0.15) is 0 Å². The molecule has 5 rings (SSSR count). The molecule has 0 saturated carbocycles. The van der Waals surface area contributed by atoms with E-state index in [9.17, 15) is 4.79 Å². The Morgan fingerprint density at radius 1 is 1.00 bits per heavy atom. The maximum atomic E-state index is 12.3. The molecular weight excluding hydrogens is 410 g/mol. The molecule has 0 unspecified atom stereocenters. The number of nitrogens with zero attached hydrogens (tertiary/aromatic N) is 4. The van der Waals surface area contributed by atoms with Crippen molar-refractivity contribution in [3.05, 3.63) is 85.5 Å². The monoisotopic (exact) mass is 427 g/mol. The first-order chi connectivity index (χ1) is 15.2. The lowest BCUT2D eigenvalue weighted by Gasteiger charge is -2.06. The summed E-state index contributed by atoms with van der Waals surface area (Å²) in [6.45, 7) is 0. The summed E-state index contributed by atoms with van der Waals surface area (Å²) in [5.41, 5.74) is 2.54. The van der Waals surface area contributed by atoms with Gasteiger partial charge >= 0.3 is 0 Å². The number of thioether (sulfide) groups is 1. The van der Waals surface area contributed by atoms with Crippen LogP contribution >= 0.6 is 11.8 Å². The Morgan fingerprint density at radius 2 is 1.84 bits per heavy atom. The van der Waals surface area contributed by atoms with Crippen LogP contribution < -0.4 is 5.32 Å². The van der Waals surface area contributed by atoms with Crippen LogP contribution in [0, 0.1) is 0 Å². The summed E-state index contributed by atoms with van der Waals surface area (Å²) in [5.74, 6) is 0.456. The highest BCUT2D eigenvalue weighted by atomic mass is 32.2. The second-order valence-electron chi connectivity index (χ2n) is 6.79. The van der Waals surface area contributed by atoms with Crippen molar-refractivity contribution in [2.24, 2.45) is 0 Å². The molecule has 152 valence electrons. The number of amides is 1. The predicted molar refractivity (Wildman–Crippen MR) is 120 cm³/mol. The zero-order valence-corrected chi connectivity index (χ0v) is 17.1. The molecule has 2 aromatic heterocycles. The number of carbonyl (C=O) groups excluding carboxylic acids is 1. The van der Waals surface area contributed by atoms with Crippen LogP contribution in [0.5, 0.6) is 0 Å². The van der Waals surface area contributed by atoms with Crippen LogP contribution in [-0.4, -0.2) is 31.4 Å². The molecule has 0 bridgehead atoms. The Hall–Kier alpha value is -3.91. The molecule has 0 radical (unpaired) electrons. The number of nitrogens with one attached hydrogen (secondary N) is 1. The molecule has 3 aromatic carbocycles. The lowest BCUT2D eigenvalue weighted by molar-refractivity contribution is -0.113. The number of benzene rings is 3. The number of rotatable bonds is 6. The van der Waals surface area contributed by atoms with E-state index in [-0.39, 0.29) is 11.7 Å². The van der Waals surface area contributed by atoms with E-state index in [0.29, 0.717) is 11.1 Å². The number of hydrogen-bond donors (Lipinski definition) is 1. The molecule has 0 fully saturated rings. The van der Waals surface area contributed by atoms with Crippen molar-refractivity contribution in [1.29, 1.82) is 0 Å². The second-order valence-corrected chi connectivity index (χ2v) is 7.72. The van der Waals surface area contributed by atoms with Gasteiger partial charge in [-0.1, -0.05) is 42.1 Å². The van der Waals surface area contributed by atoms with Gasteiger partial charge in [0.15, 0.2) is 0 Å². The molecule has 31 heavy (non-hydrogen) atoms. The van der Waals surface area contributed by atoms with Crippen molar-refractivity contribution in [1.82, 2.24) is 19.7 Å². The third kappa shape index (κ3) is 4.34. The SMILES string of the molecule is O=C(CSc1nnc(-c2ccc3ccccc3c2)o1)Nc1ccc(-n2ccnc2)cc1. The zero-order chi connectivity index (χ0) is 21.0. The normalized spacial score (nSPS) is 11.0. The molecular formula is C23H17N5O2S. The Kier molecular flexibility index (Phi) is 5.20. The lowest BCUT2D eigenvalue weighted by Crippen LogP contribution is -2.14. The maximum Gasteiger partial charge on any atom is 0.277 e. The first kappa shape index (κ1) is 19.1. The molecule has 0 aliphatic heterocycles. The fraction of sp³-hybridized carbons (Fsp3) is 0.0435. The molecule has 0 atom stereocenters. The lowest BCUT2D eigenvalue weighted by atomic mass is 10.1. The van der Waals surface area contributed by atoms with Gasteiger partial charge in [0.25, 0.3) is 5.22 Å². The number of hydrogen-bond acceptors (Lipinski definition) is 6. The molecule has 1 N–H and O–H groups in total. The van der Waals surface area contributed by atoms with Gasteiger partial charge in [-0.05, 0) is 47.2 Å². The van der Waals surface area contributed by atoms with Gasteiger partial charge in [0.1, 0.15) is 0 Å². The van der Waals surface area contributed by atoms with Crippen LogP contribution in [0.3, 0.4) is 0 Å². The standard InChI is InChI=1S/C23H17N5O2S/c29-21(25-19-7-9-20(10-8-19)28-12-11-24-15-28)14-31-23-27-26-22(30-23)18-6-5-16-3-1-2-4-17(16)13-18/h1-13,15H,14H2,(H,25,29). The fourth-order valence-electron chi connectivity index (χ4n) is 3.16. The molecule has 8 heteroatoms. The van der Waals surface area contributed by atoms with E-state index in [0.717, 1.165) is 27.7 Å². The minimum atomic E-state index is -0.147. The Morgan fingerprint density at radius 3 is 2.65 bits per heavy atom. The molecule has 0 saturated heterocycles. The van der Waals surface area contributed by atoms with Crippen molar-refractivity contribution in [2.75, 3.05) is 11.1 Å². The second kappa shape index (κ2) is 8.45. The first-order valence-electron chi connectivity index (χ1n) is 9.58. The number of imidazole rings is 1. The van der Waals surface area contributed by atoms with Crippen molar-refractivity contribution in [2.45, 2.75) is 5.22 Å². The van der Waals surface area contributed by atoms with Gasteiger partial charge < -0.3 is 14.3 Å². The van der Waals surface area contributed by atoms with E-state index < -0.39 is 0 Å². The highest BCUT2D eigenvalue weighted by Crippen LogP contribution is 2.26. The van der Waals surface area contributed by atoms with Crippen LogP contribution in [0.1, 0.15) is 0 Å². The van der Waals surface area contributed by atoms with Crippen LogP contribution in [0.15, 0.2) is 95.1 Å². The van der Waals surface area contributed by atoms with E-state index >= 15 is 0 Å². The van der Waals surface area contributed by atoms with Gasteiger partial charge in [-0.25, -0.2) is 4.98 Å². The van der Waals surface area contributed by atoms with E-state index in [1.54, 1.807) is 12.5 Å². The summed E-state index contributed by atoms with van der Waals surface area (Å²) >= 11 is 1.20. The Balaban J connectivity index is 1.19. The Labute approximate surface area is 182 Å². The van der Waals surface area contributed by atoms with E-state index in [4.69, 9.17) is 4.42 Å². The number of carbonyl (C=O) groups is 1. The summed E-state index contributed by atoms with van der Waals surface area (Å²) in [6, 6.07) is 21.6. The highest BCUT2D eigenvalue weighted by Gasteiger charge is 2.12. The van der Waals surface area contributed by atoms with Gasteiger partial charge in [0.05, 0.1) is 12.1 Å². The molecule has 0 aliphatic rings. The quantitative estimate of drug-likeness (QED) is 0.392. The maximum absolute atomic E-state index is 12.3. The van der Waals surface area contributed by atoms with Crippen molar-refractivity contribution < 1.29 is 9.21 Å². The van der Waals surface area contributed by atoms with Crippen LogP contribution in [0.4, 0.5) is 5.69 Å². The minimum absolute atomic E-state index is 0.147. The molecule has 1 amide bonds. The molecule has 0 spiro atoms. The summed E-state index contributed by atoms with van der Waals surface area (Å²) in [7, 11) is 0. The highest BCUT2D eigenvalue weighted by molar-refractivity contribution is 7.99. The Bertz CT molecular complexity index is 1330. The van der Waals surface area contributed by atoms with Crippen molar-refractivity contribution in [3.63, 3.8) is 0 Å². The number of fused-ring (bicyclic) bond motifs is 1. The average molecular weight is 427 g/mol. The minimum Gasteiger partial charge on any atom is -0.411 e. The van der Waals surface area contributed by atoms with Gasteiger partial charge in [-0.3, -0.25) is 4.79 Å². The van der Waals surface area contributed by atoms with Crippen LogP contribution in [-0.2, 0) is 4.79 Å². The van der Waals surface area contributed by atoms with E-state index in [1.807, 2.05) is 71.4 Å². The largest absolute Gasteiger partial charge is 0.411 e. The topological polar surface area (TPSA) is 85.8 Å². The summed E-state index contributed by atoms with van der Waals surface area (Å²) in [4.78, 5) is 16.3. The van der Waals surface area contributed by atoms with Gasteiger partial charge in [-0.15, -0.1) is 10.2 Å². The van der Waals surface area contributed by atoms with Gasteiger partial charge in [0.2, 0.25) is 11.8 Å². The third-order valence-corrected chi connectivity index (χ3v) is 5.50. The predicted octanol–water partition coefficient (Wildman–Crippen LogP) is 4.81. The zero-order valence-electron chi connectivity index (χ0n) is 16.3. The summed E-state index contributed by atoms with van der Waals surface area (Å²) in [6.07, 6.45) is 5.30. The van der Waals surface area contributed by atoms with Crippen molar-refractivity contribution in [3.8, 4) is 17.1 Å². The molecule has 2 heterocycles. The van der Waals surface area contributed by atoms with E-state index in [2.05, 4.69) is 26.6 Å². The van der Waals surface area contributed by atoms with Gasteiger partial charge in [0, 0.05) is 29.3 Å². The van der Waals surface area contributed by atoms with Crippen molar-refractivity contribution >= 4 is 34.1 Å². The summed E-state index contributed by atoms with van der Waals surface area (Å²) < 4.78 is 7.62. The third-order valence-electron chi connectivity index (χ3n) is 4.68.